The number of hydrogen-bond acceptors (Lipinski definition) is 4. The van der Waals surface area contributed by atoms with Crippen molar-refractivity contribution in [2.75, 3.05) is 38.6 Å². The zero-order chi connectivity index (χ0) is 12.1. The molecule has 4 nitrogen and oxygen atoms in total. The van der Waals surface area contributed by atoms with Crippen LogP contribution in [-0.2, 0) is 4.74 Å². The van der Waals surface area contributed by atoms with E-state index in [9.17, 15) is 0 Å². The number of rotatable bonds is 4. The predicted octanol–water partition coefficient (Wildman–Crippen LogP) is 1.37. The highest BCUT2D eigenvalue weighted by molar-refractivity contribution is 5.51. The van der Waals surface area contributed by atoms with Crippen LogP contribution < -0.4 is 10.5 Å². The van der Waals surface area contributed by atoms with Gasteiger partial charge in [0, 0.05) is 19.1 Å². The second kappa shape index (κ2) is 5.89. The Hall–Kier alpha value is -1.26. The minimum Gasteiger partial charge on any atom is -0.490 e. The Labute approximate surface area is 102 Å². The molecule has 2 rings (SSSR count). The van der Waals surface area contributed by atoms with E-state index in [1.807, 2.05) is 24.3 Å². The Morgan fingerprint density at radius 2 is 2.29 bits per heavy atom. The van der Waals surface area contributed by atoms with Crippen LogP contribution in [0.25, 0.3) is 0 Å². The average Bonchev–Trinajstić information content (AvgIpc) is 2.34. The standard InChI is InChI=1S/C13H20N2O2/c1-11-10-16-8-6-15(11)7-9-17-13-5-3-2-4-12(13)14/h2-5,11H,6-10,14H2,1H3. The van der Waals surface area contributed by atoms with Crippen molar-refractivity contribution in [3.8, 4) is 5.75 Å². The Balaban J connectivity index is 1.77. The molecule has 4 heteroatoms. The molecule has 0 radical (unpaired) electrons. The quantitative estimate of drug-likeness (QED) is 0.802. The Morgan fingerprint density at radius 3 is 3.06 bits per heavy atom. The first-order valence-electron chi connectivity index (χ1n) is 6.06. The molecule has 94 valence electrons. The molecule has 1 aliphatic heterocycles. The summed E-state index contributed by atoms with van der Waals surface area (Å²) in [5, 5.41) is 0. The van der Waals surface area contributed by atoms with E-state index in [0.717, 1.165) is 32.1 Å². The molecule has 1 atom stereocenters. The maximum atomic E-state index is 5.81. The van der Waals surface area contributed by atoms with Crippen molar-refractivity contribution in [2.45, 2.75) is 13.0 Å². The van der Waals surface area contributed by atoms with Crippen LogP contribution >= 0.6 is 0 Å². The predicted molar refractivity (Wildman–Crippen MR) is 68.2 cm³/mol. The summed E-state index contributed by atoms with van der Waals surface area (Å²) in [5.41, 5.74) is 6.51. The molecule has 0 aromatic heterocycles. The van der Waals surface area contributed by atoms with Gasteiger partial charge in [-0.15, -0.1) is 0 Å². The summed E-state index contributed by atoms with van der Waals surface area (Å²) < 4.78 is 11.1. The van der Waals surface area contributed by atoms with E-state index in [1.54, 1.807) is 0 Å². The lowest BCUT2D eigenvalue weighted by atomic mass is 10.2. The lowest BCUT2D eigenvalue weighted by molar-refractivity contribution is -0.00511. The van der Waals surface area contributed by atoms with E-state index in [1.165, 1.54) is 0 Å². The van der Waals surface area contributed by atoms with Crippen molar-refractivity contribution >= 4 is 5.69 Å². The molecule has 17 heavy (non-hydrogen) atoms. The topological polar surface area (TPSA) is 47.7 Å². The number of nitrogens with zero attached hydrogens (tertiary/aromatic N) is 1. The van der Waals surface area contributed by atoms with Crippen LogP contribution in [0.3, 0.4) is 0 Å². The van der Waals surface area contributed by atoms with Gasteiger partial charge in [0.05, 0.1) is 18.9 Å². The number of benzene rings is 1. The van der Waals surface area contributed by atoms with Crippen LogP contribution in [0.5, 0.6) is 5.75 Å². The fourth-order valence-electron chi connectivity index (χ4n) is 1.98. The molecule has 1 aromatic carbocycles. The van der Waals surface area contributed by atoms with E-state index < -0.39 is 0 Å². The first-order valence-corrected chi connectivity index (χ1v) is 6.06. The maximum Gasteiger partial charge on any atom is 0.142 e. The van der Waals surface area contributed by atoms with Crippen molar-refractivity contribution in [3.05, 3.63) is 24.3 Å². The van der Waals surface area contributed by atoms with Crippen molar-refractivity contribution in [1.29, 1.82) is 0 Å². The first kappa shape index (κ1) is 12.2. The number of nitrogens with two attached hydrogens (primary N) is 1. The van der Waals surface area contributed by atoms with Crippen LogP contribution in [0.2, 0.25) is 0 Å². The molecular formula is C13H20N2O2. The highest BCUT2D eigenvalue weighted by Gasteiger charge is 2.18. The summed E-state index contributed by atoms with van der Waals surface area (Å²) >= 11 is 0. The van der Waals surface area contributed by atoms with Gasteiger partial charge in [0.2, 0.25) is 0 Å². The molecule has 1 heterocycles. The van der Waals surface area contributed by atoms with Crippen molar-refractivity contribution < 1.29 is 9.47 Å². The van der Waals surface area contributed by atoms with E-state index in [4.69, 9.17) is 15.2 Å². The average molecular weight is 236 g/mol. The lowest BCUT2D eigenvalue weighted by Crippen LogP contribution is -2.45. The van der Waals surface area contributed by atoms with Crippen LogP contribution in [0.15, 0.2) is 24.3 Å². The minimum atomic E-state index is 0.473. The van der Waals surface area contributed by atoms with Gasteiger partial charge in [0.25, 0.3) is 0 Å². The molecule has 2 N–H and O–H groups in total. The molecule has 0 amide bonds. The highest BCUT2D eigenvalue weighted by atomic mass is 16.5. The second-order valence-corrected chi connectivity index (χ2v) is 4.35. The normalized spacial score (nSPS) is 21.4. The number of ether oxygens (including phenoxy) is 2. The summed E-state index contributed by atoms with van der Waals surface area (Å²) in [6.07, 6.45) is 0. The molecule has 1 fully saturated rings. The summed E-state index contributed by atoms with van der Waals surface area (Å²) in [5.74, 6) is 0.772. The maximum absolute atomic E-state index is 5.81. The van der Waals surface area contributed by atoms with Gasteiger partial charge in [-0.2, -0.15) is 0 Å². The third-order valence-corrected chi connectivity index (χ3v) is 3.06. The summed E-state index contributed by atoms with van der Waals surface area (Å²) in [6.45, 7) is 6.37. The minimum absolute atomic E-state index is 0.473. The Bertz CT molecular complexity index is 357. The van der Waals surface area contributed by atoms with Gasteiger partial charge in [-0.25, -0.2) is 0 Å². The third kappa shape index (κ3) is 3.35. The Kier molecular flexibility index (Phi) is 4.23. The zero-order valence-corrected chi connectivity index (χ0v) is 10.3. The molecule has 0 spiro atoms. The van der Waals surface area contributed by atoms with Crippen LogP contribution in [0.1, 0.15) is 6.92 Å². The number of para-hydroxylation sites is 2. The molecular weight excluding hydrogens is 216 g/mol. The SMILES string of the molecule is CC1COCCN1CCOc1ccccc1N. The monoisotopic (exact) mass is 236 g/mol. The molecule has 1 unspecified atom stereocenters. The fourth-order valence-corrected chi connectivity index (χ4v) is 1.98. The van der Waals surface area contributed by atoms with Gasteiger partial charge < -0.3 is 15.2 Å². The summed E-state index contributed by atoms with van der Waals surface area (Å²) in [4.78, 5) is 2.38. The van der Waals surface area contributed by atoms with E-state index in [-0.39, 0.29) is 0 Å². The van der Waals surface area contributed by atoms with Crippen molar-refractivity contribution in [1.82, 2.24) is 4.90 Å². The van der Waals surface area contributed by atoms with Crippen LogP contribution in [0.4, 0.5) is 5.69 Å². The van der Waals surface area contributed by atoms with E-state index in [2.05, 4.69) is 11.8 Å². The van der Waals surface area contributed by atoms with Crippen molar-refractivity contribution in [2.24, 2.45) is 0 Å². The second-order valence-electron chi connectivity index (χ2n) is 4.35. The molecule has 0 aliphatic carbocycles. The largest absolute Gasteiger partial charge is 0.490 e. The number of morpholine rings is 1. The fraction of sp³-hybridized carbons (Fsp3) is 0.538. The summed E-state index contributed by atoms with van der Waals surface area (Å²) in [7, 11) is 0. The highest BCUT2D eigenvalue weighted by Crippen LogP contribution is 2.19. The number of hydrogen-bond donors (Lipinski definition) is 1. The lowest BCUT2D eigenvalue weighted by Gasteiger charge is -2.32. The van der Waals surface area contributed by atoms with Crippen LogP contribution in [0, 0.1) is 0 Å². The molecule has 0 bridgehead atoms. The first-order chi connectivity index (χ1) is 8.27. The molecule has 0 saturated carbocycles. The van der Waals surface area contributed by atoms with Gasteiger partial charge >= 0.3 is 0 Å². The molecule has 1 aliphatic rings. The Morgan fingerprint density at radius 1 is 1.47 bits per heavy atom. The van der Waals surface area contributed by atoms with Gasteiger partial charge in [-0.05, 0) is 19.1 Å². The molecule has 1 saturated heterocycles. The van der Waals surface area contributed by atoms with Gasteiger partial charge in [-0.3, -0.25) is 4.90 Å². The number of nitrogen functional groups attached to an aromatic ring is 1. The molecule has 1 aromatic rings. The zero-order valence-electron chi connectivity index (χ0n) is 10.3. The van der Waals surface area contributed by atoms with E-state index >= 15 is 0 Å². The van der Waals surface area contributed by atoms with Gasteiger partial charge in [0.1, 0.15) is 12.4 Å². The van der Waals surface area contributed by atoms with Gasteiger partial charge in [0.15, 0.2) is 0 Å². The van der Waals surface area contributed by atoms with Gasteiger partial charge in [-0.1, -0.05) is 12.1 Å². The summed E-state index contributed by atoms with van der Waals surface area (Å²) in [6, 6.07) is 8.07. The smallest absolute Gasteiger partial charge is 0.142 e. The van der Waals surface area contributed by atoms with Crippen LogP contribution in [-0.4, -0.2) is 43.9 Å². The number of anilines is 1. The van der Waals surface area contributed by atoms with E-state index in [0.29, 0.717) is 18.3 Å². The van der Waals surface area contributed by atoms with Crippen molar-refractivity contribution in [3.63, 3.8) is 0 Å². The third-order valence-electron chi connectivity index (χ3n) is 3.06.